The Hall–Kier alpha value is -4.26. The first kappa shape index (κ1) is 49.6. The summed E-state index contributed by atoms with van der Waals surface area (Å²) in [5, 5.41) is 24.3. The van der Waals surface area contributed by atoms with Crippen molar-refractivity contribution in [2.45, 2.75) is 170 Å². The Balaban J connectivity index is 1.33. The van der Waals surface area contributed by atoms with Gasteiger partial charge in [0.2, 0.25) is 0 Å². The van der Waals surface area contributed by atoms with Crippen LogP contribution in [0.5, 0.6) is 0 Å². The lowest BCUT2D eigenvalue weighted by Gasteiger charge is -2.03. The summed E-state index contributed by atoms with van der Waals surface area (Å²) >= 11 is 7.54. The van der Waals surface area contributed by atoms with E-state index in [0.717, 1.165) is 68.4 Å². The summed E-state index contributed by atoms with van der Waals surface area (Å²) < 4.78 is 2.44. The molecule has 7 rings (SSSR count). The number of rotatable bonds is 27. The lowest BCUT2D eigenvalue weighted by Crippen LogP contribution is -2.23. The van der Waals surface area contributed by atoms with Crippen LogP contribution in [-0.4, -0.2) is 10.5 Å². The molecule has 0 saturated heterocycles. The van der Waals surface area contributed by atoms with E-state index in [2.05, 4.69) is 106 Å². The third-order valence-electron chi connectivity index (χ3n) is 13.1. The Labute approximate surface area is 411 Å². The maximum absolute atomic E-state index is 11.9. The first-order chi connectivity index (χ1) is 32.3. The quantitative estimate of drug-likeness (QED) is 0.0293. The second kappa shape index (κ2) is 24.7. The molecule has 0 aliphatic carbocycles. The molecule has 0 amide bonds. The Bertz CT molecular complexity index is 2760. The molecule has 0 spiro atoms. The molecule has 4 nitrogen and oxygen atoms in total. The highest BCUT2D eigenvalue weighted by Crippen LogP contribution is 2.50. The zero-order valence-corrected chi connectivity index (χ0v) is 43.4. The molecule has 348 valence electrons. The normalized spacial score (nSPS) is 12.0. The fourth-order valence-electron chi connectivity index (χ4n) is 9.49. The second-order valence-electron chi connectivity index (χ2n) is 18.1. The number of para-hydroxylation sites is 1. The van der Waals surface area contributed by atoms with Crippen LogP contribution in [0.4, 0.5) is 0 Å². The van der Waals surface area contributed by atoms with Crippen LogP contribution in [0.25, 0.3) is 67.6 Å². The minimum absolute atomic E-state index is 0.310. The smallest absolute Gasteiger partial charge is 0.101 e. The highest BCUT2D eigenvalue weighted by atomic mass is 32.1. The number of carbonyl (C=O) groups excluding carboxylic acids is 1. The number of nitrogens with zero attached hydrogens (tertiary/aromatic N) is 2. The highest BCUT2D eigenvalue weighted by Gasteiger charge is 2.23. The number of thiophene rings is 4. The van der Waals surface area contributed by atoms with Gasteiger partial charge in [0.25, 0.3) is 0 Å². The molecule has 0 N–H and O–H groups in total. The zero-order valence-electron chi connectivity index (χ0n) is 40.1. The van der Waals surface area contributed by atoms with Crippen molar-refractivity contribution in [2.24, 2.45) is 0 Å². The van der Waals surface area contributed by atoms with E-state index in [9.17, 15) is 15.2 Å². The number of unbranched alkanes of at least 4 members (excludes halogenated alkanes) is 12. The SMILES string of the molecule is CCCCCCc1cc(-c2sc(-c3sc(-c4sc(-c5ccc6c(c5)c5ccccc5n6CC)cc4CCCCCC)cc3CCCCCC)cc2CCCCCC)sc1/C=C(\C#N)C(=O)[O-]. The molecule has 0 atom stereocenters. The zero-order chi connectivity index (χ0) is 46.4. The minimum Gasteiger partial charge on any atom is -0.544 e. The predicted octanol–water partition coefficient (Wildman–Crippen LogP) is 17.9. The van der Waals surface area contributed by atoms with E-state index in [4.69, 9.17) is 0 Å². The van der Waals surface area contributed by atoms with Crippen molar-refractivity contribution < 1.29 is 9.90 Å². The van der Waals surface area contributed by atoms with E-state index in [1.165, 1.54) is 155 Å². The number of nitriles is 1. The van der Waals surface area contributed by atoms with Crippen LogP contribution < -0.4 is 5.11 Å². The molecule has 0 bridgehead atoms. The number of hydrogen-bond donors (Lipinski definition) is 0. The van der Waals surface area contributed by atoms with E-state index < -0.39 is 5.97 Å². The highest BCUT2D eigenvalue weighted by molar-refractivity contribution is 7.29. The van der Waals surface area contributed by atoms with Crippen molar-refractivity contribution in [3.8, 4) is 45.8 Å². The van der Waals surface area contributed by atoms with Crippen molar-refractivity contribution in [1.82, 2.24) is 4.57 Å². The number of carbonyl (C=O) groups is 1. The lowest BCUT2D eigenvalue weighted by atomic mass is 10.0. The van der Waals surface area contributed by atoms with Crippen LogP contribution in [0.1, 0.15) is 164 Å². The van der Waals surface area contributed by atoms with Crippen molar-refractivity contribution in [1.29, 1.82) is 5.26 Å². The topological polar surface area (TPSA) is 68.8 Å². The van der Waals surface area contributed by atoms with Gasteiger partial charge in [-0.1, -0.05) is 129 Å². The molecule has 5 aromatic heterocycles. The van der Waals surface area contributed by atoms with Crippen LogP contribution in [0.15, 0.2) is 72.3 Å². The summed E-state index contributed by atoms with van der Waals surface area (Å²) in [6.07, 6.45) is 24.8. The van der Waals surface area contributed by atoms with Crippen molar-refractivity contribution in [2.75, 3.05) is 0 Å². The van der Waals surface area contributed by atoms with Gasteiger partial charge in [-0.2, -0.15) is 5.26 Å². The number of hydrogen-bond acceptors (Lipinski definition) is 7. The molecule has 0 aliphatic heterocycles. The number of fused-ring (bicyclic) bond motifs is 3. The molecule has 2 aromatic carbocycles. The van der Waals surface area contributed by atoms with Crippen molar-refractivity contribution >= 4 is 79.2 Å². The maximum atomic E-state index is 11.9. The molecule has 0 unspecified atom stereocenters. The van der Waals surface area contributed by atoms with Gasteiger partial charge in [-0.25, -0.2) is 0 Å². The fourth-order valence-corrected chi connectivity index (χ4v) is 14.7. The van der Waals surface area contributed by atoms with Gasteiger partial charge >= 0.3 is 0 Å². The van der Waals surface area contributed by atoms with Gasteiger partial charge in [0.15, 0.2) is 0 Å². The standard InChI is InChI=1S/C58H70N2O2S4/c1-6-11-15-19-25-40-34-52(63-50(40)38-45(39-59)58(61)62)55-43(27-21-17-13-8-3)36-54(65-55)57-44(28-22-18-14-9-4)37-53(66-57)56-42(26-20-16-12-7-2)35-51(64-56)41-31-32-49-47(33-41)46-29-23-24-30-48(46)60(49)10-5/h23-24,29-38H,6-22,25-28H2,1-5H3,(H,61,62)/p-1/b45-38+. The fraction of sp³-hybridized carbons (Fsp3) is 0.448. The Kier molecular flexibility index (Phi) is 18.6. The Morgan fingerprint density at radius 3 is 1.50 bits per heavy atom. The van der Waals surface area contributed by atoms with Crippen molar-refractivity contribution in [3.05, 3.63) is 99.4 Å². The molecule has 8 heteroatoms. The number of aryl methyl sites for hydroxylation is 5. The molecule has 66 heavy (non-hydrogen) atoms. The van der Waals surface area contributed by atoms with Gasteiger partial charge < -0.3 is 14.5 Å². The summed E-state index contributed by atoms with van der Waals surface area (Å²) in [6, 6.07) is 27.7. The van der Waals surface area contributed by atoms with Gasteiger partial charge in [0, 0.05) is 67.4 Å². The van der Waals surface area contributed by atoms with E-state index >= 15 is 0 Å². The van der Waals surface area contributed by atoms with Crippen LogP contribution >= 0.6 is 45.3 Å². The maximum Gasteiger partial charge on any atom is 0.101 e. The summed E-state index contributed by atoms with van der Waals surface area (Å²) in [6.45, 7) is 12.3. The van der Waals surface area contributed by atoms with Gasteiger partial charge in [0.1, 0.15) is 6.07 Å². The predicted molar refractivity (Wildman–Crippen MR) is 288 cm³/mol. The molecule has 5 heterocycles. The van der Waals surface area contributed by atoms with Gasteiger partial charge in [-0.15, -0.1) is 45.3 Å². The largest absolute Gasteiger partial charge is 0.544 e. The minimum atomic E-state index is -1.41. The van der Waals surface area contributed by atoms with Crippen LogP contribution in [0.3, 0.4) is 0 Å². The number of aromatic nitrogens is 1. The van der Waals surface area contributed by atoms with Crippen LogP contribution in [0.2, 0.25) is 0 Å². The lowest BCUT2D eigenvalue weighted by molar-refractivity contribution is -0.298. The molecular weight excluding hydrogens is 885 g/mol. The number of benzene rings is 2. The summed E-state index contributed by atoms with van der Waals surface area (Å²) in [5.41, 5.74) is 9.08. The van der Waals surface area contributed by atoms with E-state index in [-0.39, 0.29) is 5.57 Å². The summed E-state index contributed by atoms with van der Waals surface area (Å²) in [4.78, 5) is 22.2. The van der Waals surface area contributed by atoms with Crippen LogP contribution in [-0.2, 0) is 37.0 Å². The van der Waals surface area contributed by atoms with Gasteiger partial charge in [0.05, 0.1) is 11.5 Å². The number of carboxylic acids is 1. The first-order valence-electron chi connectivity index (χ1n) is 25.2. The third-order valence-corrected chi connectivity index (χ3v) is 18.4. The molecule has 0 radical (unpaired) electrons. The second-order valence-corrected chi connectivity index (χ2v) is 22.3. The van der Waals surface area contributed by atoms with Gasteiger partial charge in [-0.05, 0) is 135 Å². The van der Waals surface area contributed by atoms with Crippen LogP contribution in [0, 0.1) is 11.3 Å². The van der Waals surface area contributed by atoms with Gasteiger partial charge in [-0.3, -0.25) is 0 Å². The summed E-state index contributed by atoms with van der Waals surface area (Å²) in [5.74, 6) is -1.41. The molecular formula is C58H69N2O2S4-. The van der Waals surface area contributed by atoms with E-state index in [1.807, 2.05) is 40.1 Å². The average Bonchev–Trinajstić information content (AvgIpc) is 4.17. The Morgan fingerprint density at radius 2 is 1.00 bits per heavy atom. The molecule has 0 saturated carbocycles. The molecule has 0 fully saturated rings. The molecule has 7 aromatic rings. The van der Waals surface area contributed by atoms with E-state index in [1.54, 1.807) is 17.4 Å². The first-order valence-corrected chi connectivity index (χ1v) is 28.4. The third kappa shape index (κ3) is 11.9. The van der Waals surface area contributed by atoms with Crippen molar-refractivity contribution in [3.63, 3.8) is 0 Å². The molecule has 0 aliphatic rings. The monoisotopic (exact) mass is 953 g/mol. The Morgan fingerprint density at radius 1 is 0.545 bits per heavy atom. The number of carboxylic acid groups (broad SMARTS) is 1. The van der Waals surface area contributed by atoms with E-state index in [0.29, 0.717) is 0 Å². The average molecular weight is 954 g/mol. The number of aliphatic carboxylic acids is 1. The summed E-state index contributed by atoms with van der Waals surface area (Å²) in [7, 11) is 0.